The molecule has 0 unspecified atom stereocenters. The number of nitrogens with zero attached hydrogens (tertiary/aromatic N) is 1. The zero-order chi connectivity index (χ0) is 33.6. The normalized spacial score (nSPS) is 14.1. The highest BCUT2D eigenvalue weighted by Crippen LogP contribution is 2.23. The van der Waals surface area contributed by atoms with E-state index in [9.17, 15) is 19.5 Å². The van der Waals surface area contributed by atoms with Crippen LogP contribution in [0.4, 0.5) is 0 Å². The number of carbonyl (C=O) groups is 3. The third-order valence-corrected chi connectivity index (χ3v) is 8.66. The fourth-order valence-electron chi connectivity index (χ4n) is 6.16. The molecule has 3 amide bonds. The summed E-state index contributed by atoms with van der Waals surface area (Å²) in [5, 5.41) is 17.7. The van der Waals surface area contributed by atoms with Gasteiger partial charge in [0.2, 0.25) is 0 Å². The Morgan fingerprint density at radius 3 is 2.19 bits per heavy atom. The van der Waals surface area contributed by atoms with Gasteiger partial charge < -0.3 is 20.6 Å². The summed E-state index contributed by atoms with van der Waals surface area (Å²) in [5.41, 5.74) is 5.90. The van der Waals surface area contributed by atoms with E-state index in [1.165, 1.54) is 5.56 Å². The first-order valence-electron chi connectivity index (χ1n) is 16.4. The summed E-state index contributed by atoms with van der Waals surface area (Å²) in [7, 11) is 0. The van der Waals surface area contributed by atoms with Gasteiger partial charge in [-0.25, -0.2) is 0 Å². The maximum absolute atomic E-state index is 13.8. The number of aliphatic hydroxyl groups is 1. The summed E-state index contributed by atoms with van der Waals surface area (Å²) in [4.78, 5) is 42.6. The summed E-state index contributed by atoms with van der Waals surface area (Å²) in [6, 6.07) is 29.7. The molecule has 1 heterocycles. The van der Waals surface area contributed by atoms with Gasteiger partial charge in [-0.2, -0.15) is 0 Å². The van der Waals surface area contributed by atoms with Crippen molar-refractivity contribution in [1.29, 1.82) is 0 Å². The van der Waals surface area contributed by atoms with Gasteiger partial charge in [0, 0.05) is 41.7 Å². The van der Waals surface area contributed by atoms with Gasteiger partial charge >= 0.3 is 0 Å². The molecule has 1 aliphatic heterocycles. The lowest BCUT2D eigenvalue weighted by molar-refractivity contribution is 0.0733. The number of rotatable bonds is 10. The van der Waals surface area contributed by atoms with Crippen molar-refractivity contribution in [3.8, 4) is 0 Å². The number of amides is 3. The first-order chi connectivity index (χ1) is 22.5. The van der Waals surface area contributed by atoms with E-state index in [0.717, 1.165) is 23.1 Å². The topological polar surface area (TPSA) is 98.7 Å². The quantitative estimate of drug-likeness (QED) is 0.202. The van der Waals surface area contributed by atoms with E-state index in [-0.39, 0.29) is 24.1 Å². The third kappa shape index (κ3) is 8.54. The van der Waals surface area contributed by atoms with Crippen LogP contribution in [-0.4, -0.2) is 52.0 Å². The molecule has 0 saturated heterocycles. The number of carbonyl (C=O) groups excluding carboxylic acids is 3. The van der Waals surface area contributed by atoms with Gasteiger partial charge in [0.25, 0.3) is 17.7 Å². The predicted octanol–water partition coefficient (Wildman–Crippen LogP) is 5.92. The van der Waals surface area contributed by atoms with Gasteiger partial charge in [0.05, 0.1) is 12.1 Å². The minimum atomic E-state index is -0.993. The van der Waals surface area contributed by atoms with Crippen LogP contribution in [0.25, 0.3) is 0 Å². The van der Waals surface area contributed by atoms with Gasteiger partial charge in [-0.1, -0.05) is 85.8 Å². The first-order valence-corrected chi connectivity index (χ1v) is 16.4. The number of aliphatic hydroxyl groups excluding tert-OH is 1. The Bertz CT molecular complexity index is 1730. The average Bonchev–Trinajstić information content (AvgIpc) is 3.07. The smallest absolute Gasteiger partial charge is 0.254 e. The molecule has 7 heteroatoms. The number of fused-ring (bicyclic) bond motifs is 1. The monoisotopic (exact) mass is 631 g/mol. The van der Waals surface area contributed by atoms with E-state index < -0.39 is 17.7 Å². The lowest BCUT2D eigenvalue weighted by Crippen LogP contribution is -2.46. The van der Waals surface area contributed by atoms with Crippen molar-refractivity contribution in [2.75, 3.05) is 6.54 Å². The van der Waals surface area contributed by atoms with Gasteiger partial charge in [0.15, 0.2) is 0 Å². The molecule has 0 spiro atoms. The second-order valence-electron chi connectivity index (χ2n) is 13.4. The maximum Gasteiger partial charge on any atom is 0.254 e. The molecule has 0 aromatic heterocycles. The molecule has 4 aromatic carbocycles. The Kier molecular flexibility index (Phi) is 10.6. The number of hydrogen-bond acceptors (Lipinski definition) is 4. The number of aryl methyl sites for hydroxylation is 1. The SMILES string of the molecule is CCc1ccc(C(=O)N[C@@H](Cc2ccccc2)[C@@H](O)Cc2ccccc2C(=O)NC(C)(C)C)cc1C(=O)N1CCc2ccccc2C1. The van der Waals surface area contributed by atoms with Crippen molar-refractivity contribution in [2.24, 2.45) is 0 Å². The molecule has 244 valence electrons. The highest BCUT2D eigenvalue weighted by atomic mass is 16.3. The van der Waals surface area contributed by atoms with Crippen molar-refractivity contribution in [2.45, 2.75) is 77.6 Å². The molecule has 0 fully saturated rings. The predicted molar refractivity (Wildman–Crippen MR) is 185 cm³/mol. The fraction of sp³-hybridized carbons (Fsp3) is 0.325. The molecule has 0 saturated carbocycles. The Hall–Kier alpha value is -4.75. The second kappa shape index (κ2) is 14.8. The molecule has 1 aliphatic rings. The lowest BCUT2D eigenvalue weighted by atomic mass is 9.93. The van der Waals surface area contributed by atoms with E-state index in [1.54, 1.807) is 24.3 Å². The van der Waals surface area contributed by atoms with Crippen molar-refractivity contribution >= 4 is 17.7 Å². The van der Waals surface area contributed by atoms with E-state index in [1.807, 2.05) is 93.3 Å². The van der Waals surface area contributed by atoms with Crippen LogP contribution >= 0.6 is 0 Å². The van der Waals surface area contributed by atoms with Gasteiger partial charge in [-0.3, -0.25) is 14.4 Å². The van der Waals surface area contributed by atoms with Crippen LogP contribution in [0.5, 0.6) is 0 Å². The van der Waals surface area contributed by atoms with Crippen molar-refractivity contribution in [3.05, 3.63) is 142 Å². The summed E-state index contributed by atoms with van der Waals surface area (Å²) in [5.74, 6) is -0.671. The molecule has 0 bridgehead atoms. The van der Waals surface area contributed by atoms with E-state index in [4.69, 9.17) is 0 Å². The summed E-state index contributed by atoms with van der Waals surface area (Å²) in [6.45, 7) is 8.93. The molecule has 0 radical (unpaired) electrons. The van der Waals surface area contributed by atoms with Crippen molar-refractivity contribution in [1.82, 2.24) is 15.5 Å². The molecule has 7 nitrogen and oxygen atoms in total. The van der Waals surface area contributed by atoms with Crippen LogP contribution in [0.15, 0.2) is 97.1 Å². The zero-order valence-electron chi connectivity index (χ0n) is 27.8. The van der Waals surface area contributed by atoms with E-state index in [2.05, 4.69) is 22.8 Å². The van der Waals surface area contributed by atoms with Crippen LogP contribution in [0.1, 0.15) is 86.6 Å². The van der Waals surface area contributed by atoms with E-state index in [0.29, 0.717) is 48.2 Å². The Labute approximate surface area is 278 Å². The molecular weight excluding hydrogens is 586 g/mol. The molecular formula is C40H45N3O4. The molecule has 3 N–H and O–H groups in total. The molecule has 2 atom stereocenters. The molecule has 0 aliphatic carbocycles. The Morgan fingerprint density at radius 2 is 1.47 bits per heavy atom. The highest BCUT2D eigenvalue weighted by molar-refractivity contribution is 6.01. The maximum atomic E-state index is 13.8. The van der Waals surface area contributed by atoms with Crippen molar-refractivity contribution in [3.63, 3.8) is 0 Å². The number of benzene rings is 4. The number of hydrogen-bond donors (Lipinski definition) is 3. The third-order valence-electron chi connectivity index (χ3n) is 8.66. The van der Waals surface area contributed by atoms with Gasteiger partial charge in [-0.15, -0.1) is 0 Å². The van der Waals surface area contributed by atoms with Crippen LogP contribution in [-0.2, 0) is 32.2 Å². The molecule has 4 aromatic rings. The van der Waals surface area contributed by atoms with Gasteiger partial charge in [0.1, 0.15) is 0 Å². The standard InChI is InChI=1S/C40H45N3O4/c1-5-28-19-20-31(24-34(28)39(47)43-22-21-29-15-9-10-17-32(29)26-43)37(45)41-35(23-27-13-7-6-8-14-27)36(44)25-30-16-11-12-18-33(30)38(46)42-40(2,3)4/h6-20,24,35-36,44H,5,21-23,25-26H2,1-4H3,(H,41,45)(H,42,46)/t35-,36-/m0/s1. The largest absolute Gasteiger partial charge is 0.391 e. The zero-order valence-corrected chi connectivity index (χ0v) is 27.8. The average molecular weight is 632 g/mol. The summed E-state index contributed by atoms with van der Waals surface area (Å²) >= 11 is 0. The fourth-order valence-corrected chi connectivity index (χ4v) is 6.16. The van der Waals surface area contributed by atoms with Crippen LogP contribution < -0.4 is 10.6 Å². The summed E-state index contributed by atoms with van der Waals surface area (Å²) < 4.78 is 0. The van der Waals surface area contributed by atoms with Crippen molar-refractivity contribution < 1.29 is 19.5 Å². The summed E-state index contributed by atoms with van der Waals surface area (Å²) in [6.07, 6.45) is 1.01. The minimum absolute atomic E-state index is 0.0861. The first kappa shape index (κ1) is 33.6. The highest BCUT2D eigenvalue weighted by Gasteiger charge is 2.27. The van der Waals surface area contributed by atoms with Crippen LogP contribution in [0.3, 0.4) is 0 Å². The molecule has 5 rings (SSSR count). The van der Waals surface area contributed by atoms with E-state index >= 15 is 0 Å². The number of nitrogens with one attached hydrogen (secondary N) is 2. The Morgan fingerprint density at radius 1 is 0.787 bits per heavy atom. The second-order valence-corrected chi connectivity index (χ2v) is 13.4. The van der Waals surface area contributed by atoms with Gasteiger partial charge in [-0.05, 0) is 86.1 Å². The van der Waals surface area contributed by atoms with Crippen LogP contribution in [0.2, 0.25) is 0 Å². The lowest BCUT2D eigenvalue weighted by Gasteiger charge is -2.30. The minimum Gasteiger partial charge on any atom is -0.391 e. The van der Waals surface area contributed by atoms with Crippen LogP contribution in [0, 0.1) is 0 Å². The Balaban J connectivity index is 1.38. The molecule has 47 heavy (non-hydrogen) atoms.